The number of fused-ring (bicyclic) bond motifs is 1. The van der Waals surface area contributed by atoms with E-state index in [4.69, 9.17) is 4.42 Å². The minimum Gasteiger partial charge on any atom is -0.469 e. The summed E-state index contributed by atoms with van der Waals surface area (Å²) in [6, 6.07) is 18.1. The van der Waals surface area contributed by atoms with Crippen molar-refractivity contribution in [3.05, 3.63) is 83.9 Å². The van der Waals surface area contributed by atoms with Crippen LogP contribution >= 0.6 is 11.5 Å². The molecular weight excluding hydrogens is 374 g/mol. The first-order chi connectivity index (χ1) is 13.7. The molecule has 4 rings (SSSR count). The fraction of sp³-hybridized carbons (Fsp3) is 0.0952. The first kappa shape index (κ1) is 17.9. The summed E-state index contributed by atoms with van der Waals surface area (Å²) in [5.74, 6) is 0.205. The molecule has 0 bridgehead atoms. The van der Waals surface area contributed by atoms with Crippen molar-refractivity contribution in [2.24, 2.45) is 0 Å². The van der Waals surface area contributed by atoms with Crippen LogP contribution in [0.5, 0.6) is 0 Å². The molecule has 0 spiro atoms. The number of rotatable bonds is 6. The number of amides is 2. The Labute approximate surface area is 165 Å². The second kappa shape index (κ2) is 8.06. The number of hydrogen-bond donors (Lipinski definition) is 2. The van der Waals surface area contributed by atoms with Gasteiger partial charge in [-0.15, -0.1) is 0 Å². The predicted octanol–water partition coefficient (Wildman–Crippen LogP) is 4.11. The van der Waals surface area contributed by atoms with E-state index in [0.29, 0.717) is 29.9 Å². The van der Waals surface area contributed by atoms with Crippen molar-refractivity contribution < 1.29 is 14.0 Å². The highest BCUT2D eigenvalue weighted by atomic mass is 32.1. The molecule has 2 aromatic carbocycles. The van der Waals surface area contributed by atoms with Gasteiger partial charge in [-0.3, -0.25) is 9.59 Å². The summed E-state index contributed by atoms with van der Waals surface area (Å²) < 4.78 is 10.5. The molecule has 0 aliphatic carbocycles. The number of carbonyl (C=O) groups is 2. The van der Waals surface area contributed by atoms with Crippen molar-refractivity contribution in [1.29, 1.82) is 0 Å². The number of nitrogens with zero attached hydrogens (tertiary/aromatic N) is 1. The van der Waals surface area contributed by atoms with E-state index in [1.54, 1.807) is 30.5 Å². The van der Waals surface area contributed by atoms with Gasteiger partial charge in [0.2, 0.25) is 0 Å². The summed E-state index contributed by atoms with van der Waals surface area (Å²) in [6.07, 6.45) is 2.20. The van der Waals surface area contributed by atoms with Crippen molar-refractivity contribution in [2.45, 2.75) is 6.42 Å². The van der Waals surface area contributed by atoms with Gasteiger partial charge in [0.1, 0.15) is 11.5 Å². The largest absolute Gasteiger partial charge is 0.469 e. The highest BCUT2D eigenvalue weighted by molar-refractivity contribution is 7.13. The van der Waals surface area contributed by atoms with Crippen molar-refractivity contribution in [3.63, 3.8) is 0 Å². The van der Waals surface area contributed by atoms with Crippen molar-refractivity contribution in [1.82, 2.24) is 9.69 Å². The quantitative estimate of drug-likeness (QED) is 0.518. The van der Waals surface area contributed by atoms with Crippen molar-refractivity contribution in [3.8, 4) is 0 Å². The van der Waals surface area contributed by atoms with Crippen molar-refractivity contribution in [2.75, 3.05) is 11.9 Å². The van der Waals surface area contributed by atoms with Crippen molar-refractivity contribution >= 4 is 39.1 Å². The second-order valence-corrected chi connectivity index (χ2v) is 6.92. The smallest absolute Gasteiger partial charge is 0.276 e. The van der Waals surface area contributed by atoms with Crippen LogP contribution in [0.25, 0.3) is 10.1 Å². The van der Waals surface area contributed by atoms with E-state index >= 15 is 0 Å². The molecule has 2 heterocycles. The molecule has 0 fully saturated rings. The summed E-state index contributed by atoms with van der Waals surface area (Å²) in [5, 5.41) is 6.46. The van der Waals surface area contributed by atoms with E-state index in [1.165, 1.54) is 11.5 Å². The summed E-state index contributed by atoms with van der Waals surface area (Å²) in [7, 11) is 0. The highest BCUT2D eigenvalue weighted by Gasteiger charge is 2.17. The molecule has 0 atom stereocenters. The fourth-order valence-electron chi connectivity index (χ4n) is 2.87. The molecule has 2 amide bonds. The standard InChI is InChI=1S/C21H17N3O3S/c25-20(22-12-11-14-6-5-13-27-14)15-7-1-3-9-17(15)23-21(26)19-16-8-2-4-10-18(16)28-24-19/h1-10,13H,11-12H2,(H,22,25)(H,23,26). The minimum atomic E-state index is -0.340. The Morgan fingerprint density at radius 2 is 1.79 bits per heavy atom. The molecule has 0 aliphatic heterocycles. The van der Waals surface area contributed by atoms with Crippen LogP contribution in [0.4, 0.5) is 5.69 Å². The summed E-state index contributed by atoms with van der Waals surface area (Å²) in [6.45, 7) is 0.436. The number of benzene rings is 2. The Kier molecular flexibility index (Phi) is 5.16. The number of para-hydroxylation sites is 1. The van der Waals surface area contributed by atoms with Crippen LogP contribution in [0, 0.1) is 0 Å². The number of aromatic nitrogens is 1. The van der Waals surface area contributed by atoms with Crippen LogP contribution in [-0.2, 0) is 6.42 Å². The topological polar surface area (TPSA) is 84.2 Å². The summed E-state index contributed by atoms with van der Waals surface area (Å²) >= 11 is 1.27. The molecule has 28 heavy (non-hydrogen) atoms. The van der Waals surface area contributed by atoms with E-state index < -0.39 is 0 Å². The molecule has 0 aliphatic rings. The van der Waals surface area contributed by atoms with Gasteiger partial charge >= 0.3 is 0 Å². The Balaban J connectivity index is 1.48. The monoisotopic (exact) mass is 391 g/mol. The van der Waals surface area contributed by atoms with E-state index in [1.807, 2.05) is 36.4 Å². The van der Waals surface area contributed by atoms with E-state index in [2.05, 4.69) is 15.0 Å². The van der Waals surface area contributed by atoms with Crippen LogP contribution in [-0.4, -0.2) is 22.7 Å². The molecule has 2 N–H and O–H groups in total. The second-order valence-electron chi connectivity index (χ2n) is 6.11. The lowest BCUT2D eigenvalue weighted by atomic mass is 10.1. The molecule has 6 nitrogen and oxygen atoms in total. The van der Waals surface area contributed by atoms with Gasteiger partial charge < -0.3 is 15.1 Å². The zero-order chi connectivity index (χ0) is 19.3. The molecule has 4 aromatic rings. The van der Waals surface area contributed by atoms with Crippen LogP contribution in [0.2, 0.25) is 0 Å². The molecular formula is C21H17N3O3S. The molecule has 0 saturated carbocycles. The third kappa shape index (κ3) is 3.79. The van der Waals surface area contributed by atoms with Crippen LogP contribution < -0.4 is 10.6 Å². The van der Waals surface area contributed by atoms with Gasteiger partial charge in [0.25, 0.3) is 11.8 Å². The first-order valence-corrected chi connectivity index (χ1v) is 9.55. The maximum absolute atomic E-state index is 12.7. The Morgan fingerprint density at radius 3 is 2.64 bits per heavy atom. The predicted molar refractivity (Wildman–Crippen MR) is 109 cm³/mol. The number of nitrogens with one attached hydrogen (secondary N) is 2. The highest BCUT2D eigenvalue weighted by Crippen LogP contribution is 2.24. The zero-order valence-electron chi connectivity index (χ0n) is 14.8. The van der Waals surface area contributed by atoms with E-state index in [0.717, 1.165) is 15.8 Å². The molecule has 0 radical (unpaired) electrons. The Hall–Kier alpha value is -3.45. The average Bonchev–Trinajstić information content (AvgIpc) is 3.38. The fourth-order valence-corrected chi connectivity index (χ4v) is 3.64. The SMILES string of the molecule is O=C(NCCc1ccco1)c1ccccc1NC(=O)c1nsc2ccccc12. The molecule has 7 heteroatoms. The minimum absolute atomic E-state index is 0.259. The number of anilines is 1. The van der Waals surface area contributed by atoms with Crippen LogP contribution in [0.15, 0.2) is 71.3 Å². The molecule has 0 saturated heterocycles. The lowest BCUT2D eigenvalue weighted by molar-refractivity contribution is 0.0954. The van der Waals surface area contributed by atoms with Gasteiger partial charge in [-0.2, -0.15) is 4.37 Å². The third-order valence-corrected chi connectivity index (χ3v) is 5.08. The van der Waals surface area contributed by atoms with Gasteiger partial charge in [-0.25, -0.2) is 0 Å². The maximum Gasteiger partial charge on any atom is 0.276 e. The average molecular weight is 391 g/mol. The summed E-state index contributed by atoms with van der Waals surface area (Å²) in [5.41, 5.74) is 1.20. The van der Waals surface area contributed by atoms with Gasteiger partial charge in [0.15, 0.2) is 0 Å². The van der Waals surface area contributed by atoms with Gasteiger partial charge in [0.05, 0.1) is 22.2 Å². The maximum atomic E-state index is 12.7. The number of hydrogen-bond acceptors (Lipinski definition) is 5. The van der Waals surface area contributed by atoms with Crippen LogP contribution in [0.1, 0.15) is 26.6 Å². The Morgan fingerprint density at radius 1 is 0.964 bits per heavy atom. The third-order valence-electron chi connectivity index (χ3n) is 4.25. The van der Waals surface area contributed by atoms with E-state index in [9.17, 15) is 9.59 Å². The zero-order valence-corrected chi connectivity index (χ0v) is 15.7. The Bertz CT molecular complexity index is 1120. The number of carbonyl (C=O) groups excluding carboxylic acids is 2. The van der Waals surface area contributed by atoms with Gasteiger partial charge in [0, 0.05) is 18.4 Å². The van der Waals surface area contributed by atoms with Gasteiger partial charge in [-0.1, -0.05) is 30.3 Å². The van der Waals surface area contributed by atoms with Gasteiger partial charge in [-0.05, 0) is 41.9 Å². The lowest BCUT2D eigenvalue weighted by Crippen LogP contribution is -2.27. The first-order valence-electron chi connectivity index (χ1n) is 8.78. The number of furan rings is 1. The van der Waals surface area contributed by atoms with Crippen LogP contribution in [0.3, 0.4) is 0 Å². The summed E-state index contributed by atoms with van der Waals surface area (Å²) in [4.78, 5) is 25.3. The van der Waals surface area contributed by atoms with E-state index in [-0.39, 0.29) is 11.8 Å². The normalized spacial score (nSPS) is 10.7. The molecule has 0 unspecified atom stereocenters. The molecule has 2 aromatic heterocycles. The lowest BCUT2D eigenvalue weighted by Gasteiger charge is -2.10. The molecule has 140 valence electrons.